The monoisotopic (exact) mass is 285 g/mol. The van der Waals surface area contributed by atoms with Crippen molar-refractivity contribution in [2.75, 3.05) is 0 Å². The van der Waals surface area contributed by atoms with Gasteiger partial charge in [0.15, 0.2) is 0 Å². The Hall–Kier alpha value is -2.26. The molecule has 100 valence electrons. The summed E-state index contributed by atoms with van der Waals surface area (Å²) in [5, 5.41) is 10.7. The molecule has 0 unspecified atom stereocenters. The second kappa shape index (κ2) is 4.69. The number of fused-ring (bicyclic) bond motifs is 1. The highest BCUT2D eigenvalue weighted by molar-refractivity contribution is 6.31. The van der Waals surface area contributed by atoms with Gasteiger partial charge in [0.2, 0.25) is 0 Å². The van der Waals surface area contributed by atoms with E-state index in [1.807, 2.05) is 37.4 Å². The van der Waals surface area contributed by atoms with Gasteiger partial charge in [-0.15, -0.1) is 0 Å². The first kappa shape index (κ1) is 12.8. The zero-order valence-corrected chi connectivity index (χ0v) is 11.6. The van der Waals surface area contributed by atoms with Crippen molar-refractivity contribution in [2.24, 2.45) is 7.05 Å². The summed E-state index contributed by atoms with van der Waals surface area (Å²) in [5.41, 5.74) is 3.38. The lowest BCUT2D eigenvalue weighted by Gasteiger charge is -2.05. The average molecular weight is 286 g/mol. The van der Waals surface area contributed by atoms with Gasteiger partial charge < -0.3 is 9.67 Å². The van der Waals surface area contributed by atoms with E-state index in [9.17, 15) is 4.79 Å². The minimum Gasteiger partial charge on any atom is -0.478 e. The third-order valence-corrected chi connectivity index (χ3v) is 3.67. The molecule has 0 radical (unpaired) electrons. The summed E-state index contributed by atoms with van der Waals surface area (Å²) in [6.45, 7) is 0. The Labute approximate surface area is 121 Å². The molecule has 0 aliphatic heterocycles. The number of aromatic nitrogens is 1. The highest BCUT2D eigenvalue weighted by Gasteiger charge is 2.09. The average Bonchev–Trinajstić information content (AvgIpc) is 2.75. The van der Waals surface area contributed by atoms with Crippen molar-refractivity contribution in [3.63, 3.8) is 0 Å². The number of nitrogens with zero attached hydrogens (tertiary/aromatic N) is 1. The summed E-state index contributed by atoms with van der Waals surface area (Å²) in [6.07, 6.45) is 0. The molecule has 3 rings (SSSR count). The van der Waals surface area contributed by atoms with Gasteiger partial charge in [-0.1, -0.05) is 23.7 Å². The van der Waals surface area contributed by atoms with Gasteiger partial charge in [-0.3, -0.25) is 0 Å². The smallest absolute Gasteiger partial charge is 0.335 e. The highest BCUT2D eigenvalue weighted by atomic mass is 35.5. The van der Waals surface area contributed by atoms with Crippen LogP contribution >= 0.6 is 11.6 Å². The number of aromatic carboxylic acids is 1. The molecule has 1 heterocycles. The number of carbonyl (C=O) groups is 1. The number of benzene rings is 2. The van der Waals surface area contributed by atoms with Crippen LogP contribution < -0.4 is 0 Å². The minimum atomic E-state index is -0.916. The van der Waals surface area contributed by atoms with Gasteiger partial charge in [-0.25, -0.2) is 4.79 Å². The molecule has 0 fully saturated rings. The number of carboxylic acids is 1. The summed E-state index contributed by atoms with van der Waals surface area (Å²) in [5.74, 6) is -0.916. The van der Waals surface area contributed by atoms with Crippen molar-refractivity contribution in [3.8, 4) is 11.3 Å². The van der Waals surface area contributed by atoms with Crippen LogP contribution in [0.1, 0.15) is 10.4 Å². The molecular formula is C16H12ClNO2. The molecule has 0 aliphatic carbocycles. The molecule has 3 nitrogen and oxygen atoms in total. The molecule has 0 aliphatic rings. The normalized spacial score (nSPS) is 10.9. The second-order valence-electron chi connectivity index (χ2n) is 4.67. The zero-order chi connectivity index (χ0) is 14.3. The first-order chi connectivity index (χ1) is 9.56. The van der Waals surface area contributed by atoms with Gasteiger partial charge in [0.1, 0.15) is 0 Å². The van der Waals surface area contributed by atoms with Gasteiger partial charge in [-0.2, -0.15) is 0 Å². The third-order valence-electron chi connectivity index (χ3n) is 3.43. The predicted octanol–water partition coefficient (Wildman–Crippen LogP) is 4.20. The molecule has 0 atom stereocenters. The van der Waals surface area contributed by atoms with E-state index in [4.69, 9.17) is 16.7 Å². The fourth-order valence-electron chi connectivity index (χ4n) is 2.38. The summed E-state index contributed by atoms with van der Waals surface area (Å²) in [6, 6.07) is 14.7. The largest absolute Gasteiger partial charge is 0.478 e. The fourth-order valence-corrected chi connectivity index (χ4v) is 2.56. The van der Waals surface area contributed by atoms with E-state index in [1.165, 1.54) is 0 Å². The van der Waals surface area contributed by atoms with Crippen LogP contribution in [0.15, 0.2) is 48.5 Å². The van der Waals surface area contributed by atoms with Crippen LogP contribution in [0.25, 0.3) is 22.2 Å². The molecule has 1 N–H and O–H groups in total. The highest BCUT2D eigenvalue weighted by Crippen LogP contribution is 2.29. The van der Waals surface area contributed by atoms with E-state index in [2.05, 4.69) is 10.6 Å². The van der Waals surface area contributed by atoms with Gasteiger partial charge in [0.05, 0.1) is 5.56 Å². The van der Waals surface area contributed by atoms with E-state index in [-0.39, 0.29) is 5.56 Å². The predicted molar refractivity (Wildman–Crippen MR) is 80.3 cm³/mol. The Morgan fingerprint density at radius 3 is 2.45 bits per heavy atom. The number of aryl methyl sites for hydroxylation is 1. The lowest BCUT2D eigenvalue weighted by atomic mass is 10.1. The lowest BCUT2D eigenvalue weighted by Crippen LogP contribution is -1.96. The van der Waals surface area contributed by atoms with Crippen molar-refractivity contribution >= 4 is 28.5 Å². The van der Waals surface area contributed by atoms with Crippen molar-refractivity contribution < 1.29 is 9.90 Å². The van der Waals surface area contributed by atoms with Crippen LogP contribution in [-0.4, -0.2) is 15.6 Å². The van der Waals surface area contributed by atoms with Gasteiger partial charge in [0, 0.05) is 28.7 Å². The van der Waals surface area contributed by atoms with Crippen molar-refractivity contribution in [2.45, 2.75) is 0 Å². The molecule has 4 heteroatoms. The van der Waals surface area contributed by atoms with E-state index in [0.29, 0.717) is 5.02 Å². The summed E-state index contributed by atoms with van der Waals surface area (Å²) in [7, 11) is 1.98. The Balaban J connectivity index is 2.14. The summed E-state index contributed by atoms with van der Waals surface area (Å²) < 4.78 is 2.07. The molecule has 20 heavy (non-hydrogen) atoms. The van der Waals surface area contributed by atoms with Crippen LogP contribution in [0.2, 0.25) is 5.02 Å². The standard InChI is InChI=1S/C16H12ClNO2/c1-18-14-7-6-13(17)8-12(14)9-15(18)10-2-4-11(5-3-10)16(19)20/h2-9H,1H3,(H,19,20). The van der Waals surface area contributed by atoms with Crippen LogP contribution in [0.4, 0.5) is 0 Å². The van der Waals surface area contributed by atoms with Crippen molar-refractivity contribution in [1.82, 2.24) is 4.57 Å². The zero-order valence-electron chi connectivity index (χ0n) is 10.8. The van der Waals surface area contributed by atoms with E-state index in [0.717, 1.165) is 22.2 Å². The molecule has 3 aromatic rings. The second-order valence-corrected chi connectivity index (χ2v) is 5.11. The maximum absolute atomic E-state index is 10.9. The Morgan fingerprint density at radius 2 is 1.80 bits per heavy atom. The van der Waals surface area contributed by atoms with Crippen molar-refractivity contribution in [1.29, 1.82) is 0 Å². The molecule has 0 amide bonds. The maximum Gasteiger partial charge on any atom is 0.335 e. The first-order valence-corrected chi connectivity index (χ1v) is 6.53. The first-order valence-electron chi connectivity index (χ1n) is 6.15. The molecule has 0 saturated heterocycles. The molecular weight excluding hydrogens is 274 g/mol. The SMILES string of the molecule is Cn1c(-c2ccc(C(=O)O)cc2)cc2cc(Cl)ccc21. The molecule has 2 aromatic carbocycles. The quantitative estimate of drug-likeness (QED) is 0.767. The van der Waals surface area contributed by atoms with Gasteiger partial charge in [-0.05, 0) is 42.0 Å². The lowest BCUT2D eigenvalue weighted by molar-refractivity contribution is 0.0697. The van der Waals surface area contributed by atoms with E-state index in [1.54, 1.807) is 12.1 Å². The molecule has 0 saturated carbocycles. The number of halogens is 1. The summed E-state index contributed by atoms with van der Waals surface area (Å²) in [4.78, 5) is 10.9. The Kier molecular flexibility index (Phi) is 2.99. The van der Waals surface area contributed by atoms with Crippen LogP contribution in [0.3, 0.4) is 0 Å². The number of rotatable bonds is 2. The molecule has 1 aromatic heterocycles. The van der Waals surface area contributed by atoms with E-state index < -0.39 is 5.97 Å². The minimum absolute atomic E-state index is 0.288. The summed E-state index contributed by atoms with van der Waals surface area (Å²) >= 11 is 6.01. The van der Waals surface area contributed by atoms with Crippen LogP contribution in [0, 0.1) is 0 Å². The third kappa shape index (κ3) is 2.06. The molecule has 0 bridgehead atoms. The van der Waals surface area contributed by atoms with Crippen LogP contribution in [0.5, 0.6) is 0 Å². The van der Waals surface area contributed by atoms with Crippen LogP contribution in [-0.2, 0) is 7.05 Å². The van der Waals surface area contributed by atoms with E-state index >= 15 is 0 Å². The van der Waals surface area contributed by atoms with Crippen molar-refractivity contribution in [3.05, 3.63) is 59.1 Å². The molecule has 0 spiro atoms. The topological polar surface area (TPSA) is 42.2 Å². The number of hydrogen-bond donors (Lipinski definition) is 1. The Morgan fingerprint density at radius 1 is 1.10 bits per heavy atom. The number of hydrogen-bond acceptors (Lipinski definition) is 1. The Bertz CT molecular complexity index is 803. The fraction of sp³-hybridized carbons (Fsp3) is 0.0625. The van der Waals surface area contributed by atoms with Gasteiger partial charge >= 0.3 is 5.97 Å². The van der Waals surface area contributed by atoms with Gasteiger partial charge in [0.25, 0.3) is 0 Å². The number of carboxylic acid groups (broad SMARTS) is 1. The maximum atomic E-state index is 10.9.